The zero-order chi connectivity index (χ0) is 35.6. The minimum absolute atomic E-state index is 0.00506. The monoisotopic (exact) mass is 693 g/mol. The van der Waals surface area contributed by atoms with Crippen LogP contribution in [0, 0.1) is 6.92 Å². The summed E-state index contributed by atoms with van der Waals surface area (Å²) in [6.07, 6.45) is 1.50. The molecule has 0 saturated carbocycles. The molecule has 1 aromatic heterocycles. The van der Waals surface area contributed by atoms with Crippen molar-refractivity contribution in [2.75, 3.05) is 17.7 Å². The summed E-state index contributed by atoms with van der Waals surface area (Å²) in [6.45, 7) is 2.01. The lowest BCUT2D eigenvalue weighted by Crippen LogP contribution is -2.30. The molecule has 51 heavy (non-hydrogen) atoms. The number of carbonyl (C=O) groups excluding carboxylic acids is 3. The number of methoxy groups -OCH3 is 1. The Labute approximate surface area is 300 Å². The fraction of sp³-hybridized carbons (Fsp3) is 0.0714. The van der Waals surface area contributed by atoms with Crippen LogP contribution in [0.3, 0.4) is 0 Å². The van der Waals surface area contributed by atoms with Gasteiger partial charge in [-0.15, -0.1) is 11.8 Å². The molecule has 1 heterocycles. The van der Waals surface area contributed by atoms with Gasteiger partial charge in [0, 0.05) is 39.5 Å². The van der Waals surface area contributed by atoms with Crippen LogP contribution in [-0.4, -0.2) is 24.8 Å². The van der Waals surface area contributed by atoms with E-state index in [4.69, 9.17) is 9.15 Å². The molecule has 6 rings (SSSR count). The molecule has 5 aromatic carbocycles. The van der Waals surface area contributed by atoms with Crippen LogP contribution in [-0.2, 0) is 9.59 Å². The Balaban J connectivity index is 1.20. The third kappa shape index (κ3) is 9.23. The minimum Gasteiger partial charge on any atom is -0.497 e. The van der Waals surface area contributed by atoms with Gasteiger partial charge in [0.2, 0.25) is 5.91 Å². The molecule has 1 atom stereocenters. The standard InChI is InChI=1S/C42H35N3O5S/c1-28-16-18-29(19-17-28)38-25-22-35(50-38)27-37(45-40(46)31-12-7-4-8-13-31)41(47)43-32-20-23-36(24-21-32)51-39(30-10-5-3-6-11-30)42(48)44-33-14-9-15-34(26-33)49-2/h3-27,39H,1-2H3,(H,43,47)(H,44,48)(H,45,46)/b37-27-/t39-/m0/s1. The Kier molecular flexibility index (Phi) is 11.1. The number of nitrogens with one attached hydrogen (secondary N) is 3. The van der Waals surface area contributed by atoms with Crippen LogP contribution in [0.4, 0.5) is 11.4 Å². The molecule has 8 nitrogen and oxygen atoms in total. The molecule has 9 heteroatoms. The maximum Gasteiger partial charge on any atom is 0.272 e. The van der Waals surface area contributed by atoms with Crippen molar-refractivity contribution in [3.8, 4) is 17.1 Å². The van der Waals surface area contributed by atoms with Crippen LogP contribution < -0.4 is 20.7 Å². The van der Waals surface area contributed by atoms with Gasteiger partial charge in [-0.25, -0.2) is 0 Å². The number of amides is 3. The normalized spacial score (nSPS) is 11.7. The second-order valence-electron chi connectivity index (χ2n) is 11.6. The molecule has 0 unspecified atom stereocenters. The molecule has 3 N–H and O–H groups in total. The van der Waals surface area contributed by atoms with Crippen molar-refractivity contribution in [1.82, 2.24) is 5.32 Å². The molecule has 0 radical (unpaired) electrons. The zero-order valence-corrected chi connectivity index (χ0v) is 28.8. The highest BCUT2D eigenvalue weighted by atomic mass is 32.2. The maximum absolute atomic E-state index is 13.7. The topological polar surface area (TPSA) is 110 Å². The molecule has 6 aromatic rings. The van der Waals surface area contributed by atoms with Gasteiger partial charge in [-0.05, 0) is 73.2 Å². The molecule has 0 spiro atoms. The second-order valence-corrected chi connectivity index (χ2v) is 12.7. The van der Waals surface area contributed by atoms with Gasteiger partial charge < -0.3 is 25.1 Å². The van der Waals surface area contributed by atoms with Crippen molar-refractivity contribution in [2.45, 2.75) is 17.1 Å². The predicted octanol–water partition coefficient (Wildman–Crippen LogP) is 9.15. The van der Waals surface area contributed by atoms with Crippen LogP contribution in [0.1, 0.15) is 32.5 Å². The van der Waals surface area contributed by atoms with Crippen molar-refractivity contribution in [3.05, 3.63) is 174 Å². The summed E-state index contributed by atoms with van der Waals surface area (Å²) in [6, 6.07) is 44.0. The highest BCUT2D eigenvalue weighted by molar-refractivity contribution is 8.00. The lowest BCUT2D eigenvalue weighted by atomic mass is 10.1. The highest BCUT2D eigenvalue weighted by Crippen LogP contribution is 2.37. The van der Waals surface area contributed by atoms with Gasteiger partial charge in [0.1, 0.15) is 28.2 Å². The van der Waals surface area contributed by atoms with E-state index in [1.54, 1.807) is 55.6 Å². The molecular formula is C42H35N3O5S. The quantitative estimate of drug-likeness (QED) is 0.0872. The van der Waals surface area contributed by atoms with Crippen molar-refractivity contribution < 1.29 is 23.5 Å². The van der Waals surface area contributed by atoms with Crippen molar-refractivity contribution in [1.29, 1.82) is 0 Å². The van der Waals surface area contributed by atoms with Crippen LogP contribution in [0.15, 0.2) is 161 Å². The lowest BCUT2D eigenvalue weighted by Gasteiger charge is -2.18. The Bertz CT molecular complexity index is 2150. The van der Waals surface area contributed by atoms with Crippen molar-refractivity contribution in [2.24, 2.45) is 0 Å². The van der Waals surface area contributed by atoms with E-state index >= 15 is 0 Å². The summed E-state index contributed by atoms with van der Waals surface area (Å²) in [5, 5.41) is 8.07. The van der Waals surface area contributed by atoms with Gasteiger partial charge in [-0.3, -0.25) is 14.4 Å². The van der Waals surface area contributed by atoms with Crippen LogP contribution in [0.2, 0.25) is 0 Å². The third-order valence-electron chi connectivity index (χ3n) is 7.82. The van der Waals surface area contributed by atoms with E-state index in [0.717, 1.165) is 21.6 Å². The summed E-state index contributed by atoms with van der Waals surface area (Å²) >= 11 is 1.39. The largest absolute Gasteiger partial charge is 0.497 e. The third-order valence-corrected chi connectivity index (χ3v) is 9.09. The fourth-order valence-electron chi connectivity index (χ4n) is 5.15. The molecule has 0 aliphatic rings. The molecule has 0 aliphatic heterocycles. The summed E-state index contributed by atoms with van der Waals surface area (Å²) in [4.78, 5) is 41.2. The highest BCUT2D eigenvalue weighted by Gasteiger charge is 2.23. The predicted molar refractivity (Wildman–Crippen MR) is 203 cm³/mol. The van der Waals surface area contributed by atoms with E-state index in [-0.39, 0.29) is 11.6 Å². The lowest BCUT2D eigenvalue weighted by molar-refractivity contribution is -0.116. The van der Waals surface area contributed by atoms with Gasteiger partial charge in [-0.1, -0.05) is 84.4 Å². The summed E-state index contributed by atoms with van der Waals surface area (Å²) in [5.74, 6) is 0.512. The molecule has 0 fully saturated rings. The number of hydrogen-bond acceptors (Lipinski definition) is 6. The Morgan fingerprint density at radius 1 is 0.725 bits per heavy atom. The maximum atomic E-state index is 13.7. The van der Waals surface area contributed by atoms with E-state index in [9.17, 15) is 14.4 Å². The SMILES string of the molecule is COc1cccc(NC(=O)[C@@H](Sc2ccc(NC(=O)/C(=C/c3ccc(-c4ccc(C)cc4)o3)NC(=O)c3ccccc3)cc2)c2ccccc2)c1. The second kappa shape index (κ2) is 16.4. The number of furan rings is 1. The van der Waals surface area contributed by atoms with Gasteiger partial charge in [0.05, 0.1) is 7.11 Å². The minimum atomic E-state index is -0.557. The average molecular weight is 694 g/mol. The van der Waals surface area contributed by atoms with Crippen LogP contribution in [0.25, 0.3) is 17.4 Å². The Morgan fingerprint density at radius 2 is 1.43 bits per heavy atom. The first-order valence-electron chi connectivity index (χ1n) is 16.2. The molecule has 3 amide bonds. The molecule has 0 saturated heterocycles. The molecule has 254 valence electrons. The molecule has 0 bridgehead atoms. The van der Waals surface area contributed by atoms with E-state index < -0.39 is 17.1 Å². The summed E-state index contributed by atoms with van der Waals surface area (Å²) in [5.41, 5.74) is 4.40. The first-order valence-corrected chi connectivity index (χ1v) is 17.1. The Hall–Kier alpha value is -6.32. The van der Waals surface area contributed by atoms with Gasteiger partial charge >= 0.3 is 0 Å². The zero-order valence-electron chi connectivity index (χ0n) is 28.0. The summed E-state index contributed by atoms with van der Waals surface area (Å²) < 4.78 is 11.3. The van der Waals surface area contributed by atoms with Gasteiger partial charge in [0.25, 0.3) is 11.8 Å². The van der Waals surface area contributed by atoms with Crippen LogP contribution >= 0.6 is 11.8 Å². The molecule has 0 aliphatic carbocycles. The van der Waals surface area contributed by atoms with Gasteiger partial charge in [-0.2, -0.15) is 0 Å². The van der Waals surface area contributed by atoms with E-state index in [2.05, 4.69) is 16.0 Å². The van der Waals surface area contributed by atoms with E-state index in [1.807, 2.05) is 104 Å². The number of anilines is 2. The first-order chi connectivity index (χ1) is 24.8. The number of benzene rings is 5. The van der Waals surface area contributed by atoms with Crippen LogP contribution in [0.5, 0.6) is 5.75 Å². The number of thioether (sulfide) groups is 1. The summed E-state index contributed by atoms with van der Waals surface area (Å²) in [7, 11) is 1.58. The fourth-order valence-corrected chi connectivity index (χ4v) is 6.17. The smallest absolute Gasteiger partial charge is 0.272 e. The van der Waals surface area contributed by atoms with Crippen molar-refractivity contribution >= 4 is 46.9 Å². The Morgan fingerprint density at radius 3 is 2.14 bits per heavy atom. The average Bonchev–Trinajstić information content (AvgIpc) is 3.63. The number of hydrogen-bond donors (Lipinski definition) is 3. The van der Waals surface area contributed by atoms with Crippen molar-refractivity contribution in [3.63, 3.8) is 0 Å². The number of aryl methyl sites for hydroxylation is 1. The number of ether oxygens (including phenoxy) is 1. The number of carbonyl (C=O) groups is 3. The van der Waals surface area contributed by atoms with E-state index in [0.29, 0.717) is 34.2 Å². The van der Waals surface area contributed by atoms with E-state index in [1.165, 1.54) is 17.8 Å². The first kappa shape index (κ1) is 34.5. The number of rotatable bonds is 12. The van der Waals surface area contributed by atoms with Gasteiger partial charge in [0.15, 0.2) is 0 Å². The molecular weight excluding hydrogens is 659 g/mol.